The van der Waals surface area contributed by atoms with Crippen molar-refractivity contribution < 1.29 is 9.18 Å². The Morgan fingerprint density at radius 1 is 1.48 bits per heavy atom. The topological polar surface area (TPSA) is 46.3 Å². The molecule has 0 saturated heterocycles. The van der Waals surface area contributed by atoms with E-state index in [1.807, 2.05) is 17.9 Å². The van der Waals surface area contributed by atoms with Gasteiger partial charge in [-0.05, 0) is 43.4 Å². The van der Waals surface area contributed by atoms with Gasteiger partial charge in [0, 0.05) is 12.6 Å². The molecular formula is C16H24ClFN2O. The number of benzene rings is 1. The maximum atomic E-state index is 13.1. The lowest BCUT2D eigenvalue weighted by atomic mass is 10.1. The van der Waals surface area contributed by atoms with Gasteiger partial charge in [-0.25, -0.2) is 4.39 Å². The van der Waals surface area contributed by atoms with Crippen LogP contribution in [0.5, 0.6) is 0 Å². The van der Waals surface area contributed by atoms with Gasteiger partial charge in [-0.1, -0.05) is 25.5 Å². The molecule has 1 aromatic rings. The van der Waals surface area contributed by atoms with E-state index in [0.717, 1.165) is 31.2 Å². The highest BCUT2D eigenvalue weighted by atomic mass is 35.5. The summed E-state index contributed by atoms with van der Waals surface area (Å²) in [7, 11) is 0. The van der Waals surface area contributed by atoms with E-state index in [9.17, 15) is 9.18 Å². The average Bonchev–Trinajstić information content (AvgIpc) is 3.24. The lowest BCUT2D eigenvalue weighted by Crippen LogP contribution is -2.45. The highest BCUT2D eigenvalue weighted by Crippen LogP contribution is 2.27. The van der Waals surface area contributed by atoms with Gasteiger partial charge in [0.25, 0.3) is 0 Å². The standard InChI is InChI=1S/C16H23FN2O.ClH/c1-2-4-15(18)16(20)19(14-7-8-14)10-9-12-5-3-6-13(17)11-12;/h3,5-6,11,14-15H,2,4,7-10,18H2,1H3;1H. The monoisotopic (exact) mass is 314 g/mol. The molecule has 1 fully saturated rings. The molecule has 0 spiro atoms. The number of carbonyl (C=O) groups is 1. The summed E-state index contributed by atoms with van der Waals surface area (Å²) >= 11 is 0. The van der Waals surface area contributed by atoms with Gasteiger partial charge in [-0.15, -0.1) is 12.4 Å². The molecule has 2 rings (SSSR count). The molecule has 1 unspecified atom stereocenters. The van der Waals surface area contributed by atoms with Crippen molar-refractivity contribution in [3.8, 4) is 0 Å². The van der Waals surface area contributed by atoms with Crippen molar-refractivity contribution in [2.75, 3.05) is 6.54 Å². The number of nitrogens with zero attached hydrogens (tertiary/aromatic N) is 1. The Kier molecular flexibility index (Phi) is 7.12. The predicted molar refractivity (Wildman–Crippen MR) is 85.0 cm³/mol. The van der Waals surface area contributed by atoms with Crippen molar-refractivity contribution in [3.05, 3.63) is 35.6 Å². The van der Waals surface area contributed by atoms with Crippen LogP contribution in [-0.4, -0.2) is 29.4 Å². The van der Waals surface area contributed by atoms with E-state index in [4.69, 9.17) is 5.73 Å². The Morgan fingerprint density at radius 2 is 2.19 bits per heavy atom. The zero-order chi connectivity index (χ0) is 14.5. The highest BCUT2D eigenvalue weighted by Gasteiger charge is 2.34. The van der Waals surface area contributed by atoms with Crippen LogP contribution in [0.15, 0.2) is 24.3 Å². The number of nitrogens with two attached hydrogens (primary N) is 1. The molecule has 118 valence electrons. The van der Waals surface area contributed by atoms with Crippen molar-refractivity contribution in [2.24, 2.45) is 5.73 Å². The van der Waals surface area contributed by atoms with Gasteiger partial charge in [-0.3, -0.25) is 4.79 Å². The van der Waals surface area contributed by atoms with E-state index in [-0.39, 0.29) is 24.1 Å². The van der Waals surface area contributed by atoms with Crippen LogP contribution in [0.4, 0.5) is 4.39 Å². The fraction of sp³-hybridized carbons (Fsp3) is 0.562. The third-order valence-electron chi connectivity index (χ3n) is 3.72. The zero-order valence-electron chi connectivity index (χ0n) is 12.4. The summed E-state index contributed by atoms with van der Waals surface area (Å²) in [4.78, 5) is 14.2. The normalized spacial score (nSPS) is 15.2. The molecule has 1 saturated carbocycles. The summed E-state index contributed by atoms with van der Waals surface area (Å²) in [6.45, 7) is 2.66. The molecule has 3 nitrogen and oxygen atoms in total. The Balaban J connectivity index is 0.00000220. The second-order valence-electron chi connectivity index (χ2n) is 5.54. The summed E-state index contributed by atoms with van der Waals surface area (Å²) in [5, 5.41) is 0. The Hall–Kier alpha value is -1.13. The lowest BCUT2D eigenvalue weighted by Gasteiger charge is -2.25. The molecule has 1 atom stereocenters. The Bertz CT molecular complexity index is 465. The third kappa shape index (κ3) is 5.29. The molecule has 0 aromatic heterocycles. The summed E-state index contributed by atoms with van der Waals surface area (Å²) < 4.78 is 13.1. The Labute approximate surface area is 132 Å². The van der Waals surface area contributed by atoms with E-state index >= 15 is 0 Å². The molecule has 2 N–H and O–H groups in total. The summed E-state index contributed by atoms with van der Waals surface area (Å²) in [6.07, 6.45) is 4.44. The van der Waals surface area contributed by atoms with Gasteiger partial charge < -0.3 is 10.6 Å². The molecule has 0 bridgehead atoms. The number of hydrogen-bond acceptors (Lipinski definition) is 2. The van der Waals surface area contributed by atoms with Crippen LogP contribution in [0.25, 0.3) is 0 Å². The van der Waals surface area contributed by atoms with Crippen LogP contribution < -0.4 is 5.73 Å². The van der Waals surface area contributed by atoms with E-state index < -0.39 is 6.04 Å². The van der Waals surface area contributed by atoms with Gasteiger partial charge in [0.15, 0.2) is 0 Å². The van der Waals surface area contributed by atoms with Crippen LogP contribution in [-0.2, 0) is 11.2 Å². The molecule has 0 aliphatic heterocycles. The quantitative estimate of drug-likeness (QED) is 0.841. The van der Waals surface area contributed by atoms with Gasteiger partial charge in [0.05, 0.1) is 6.04 Å². The molecular weight excluding hydrogens is 291 g/mol. The fourth-order valence-corrected chi connectivity index (χ4v) is 2.45. The van der Waals surface area contributed by atoms with Gasteiger partial charge in [0.2, 0.25) is 5.91 Å². The molecule has 1 aliphatic rings. The predicted octanol–water partition coefficient (Wildman–Crippen LogP) is 2.91. The van der Waals surface area contributed by atoms with E-state index in [1.165, 1.54) is 12.1 Å². The van der Waals surface area contributed by atoms with Crippen LogP contribution in [0, 0.1) is 5.82 Å². The summed E-state index contributed by atoms with van der Waals surface area (Å²) in [6, 6.07) is 6.51. The first-order chi connectivity index (χ1) is 9.61. The van der Waals surface area contributed by atoms with E-state index in [0.29, 0.717) is 19.0 Å². The number of halogens is 2. The van der Waals surface area contributed by atoms with Crippen molar-refractivity contribution in [1.82, 2.24) is 4.90 Å². The van der Waals surface area contributed by atoms with Crippen molar-refractivity contribution >= 4 is 18.3 Å². The number of amides is 1. The largest absolute Gasteiger partial charge is 0.338 e. The van der Waals surface area contributed by atoms with Crippen LogP contribution in [0.1, 0.15) is 38.2 Å². The molecule has 1 aromatic carbocycles. The van der Waals surface area contributed by atoms with Gasteiger partial charge in [0.1, 0.15) is 5.82 Å². The lowest BCUT2D eigenvalue weighted by molar-refractivity contribution is -0.133. The second kappa shape index (κ2) is 8.35. The van der Waals surface area contributed by atoms with Crippen molar-refractivity contribution in [2.45, 2.75) is 51.1 Å². The molecule has 0 heterocycles. The summed E-state index contributed by atoms with van der Waals surface area (Å²) in [5.41, 5.74) is 6.86. The molecule has 21 heavy (non-hydrogen) atoms. The van der Waals surface area contributed by atoms with E-state index in [1.54, 1.807) is 6.07 Å². The smallest absolute Gasteiger partial charge is 0.239 e. The zero-order valence-corrected chi connectivity index (χ0v) is 13.2. The molecule has 1 aliphatic carbocycles. The minimum absolute atomic E-state index is 0. The third-order valence-corrected chi connectivity index (χ3v) is 3.72. The first kappa shape index (κ1) is 17.9. The average molecular weight is 315 g/mol. The molecule has 1 amide bonds. The van der Waals surface area contributed by atoms with Crippen LogP contribution >= 0.6 is 12.4 Å². The van der Waals surface area contributed by atoms with Gasteiger partial charge >= 0.3 is 0 Å². The first-order valence-electron chi connectivity index (χ1n) is 7.42. The van der Waals surface area contributed by atoms with Crippen molar-refractivity contribution in [3.63, 3.8) is 0 Å². The first-order valence-corrected chi connectivity index (χ1v) is 7.42. The minimum atomic E-state index is -0.395. The number of rotatable bonds is 7. The SMILES string of the molecule is CCCC(N)C(=O)N(CCc1cccc(F)c1)C1CC1.Cl. The second-order valence-corrected chi connectivity index (χ2v) is 5.54. The van der Waals surface area contributed by atoms with Crippen molar-refractivity contribution in [1.29, 1.82) is 0 Å². The van der Waals surface area contributed by atoms with Crippen LogP contribution in [0.2, 0.25) is 0 Å². The van der Waals surface area contributed by atoms with Crippen LogP contribution in [0.3, 0.4) is 0 Å². The number of carbonyl (C=O) groups excluding carboxylic acids is 1. The number of hydrogen-bond donors (Lipinski definition) is 1. The molecule has 0 radical (unpaired) electrons. The fourth-order valence-electron chi connectivity index (χ4n) is 2.45. The minimum Gasteiger partial charge on any atom is -0.338 e. The van der Waals surface area contributed by atoms with E-state index in [2.05, 4.69) is 0 Å². The Morgan fingerprint density at radius 3 is 2.76 bits per heavy atom. The maximum absolute atomic E-state index is 13.1. The summed E-state index contributed by atoms with van der Waals surface area (Å²) in [5.74, 6) is -0.180. The molecule has 5 heteroatoms. The maximum Gasteiger partial charge on any atom is 0.239 e. The van der Waals surface area contributed by atoms with Gasteiger partial charge in [-0.2, -0.15) is 0 Å². The highest BCUT2D eigenvalue weighted by molar-refractivity contribution is 5.85.